The number of hydrogen-bond donors (Lipinski definition) is 0. The smallest absolute Gasteiger partial charge is 0.347 e. The van der Waals surface area contributed by atoms with Gasteiger partial charge in [-0.3, -0.25) is 14.4 Å². The molecule has 1 unspecified atom stereocenters. The highest BCUT2D eigenvalue weighted by atomic mass is 16.6. The highest BCUT2D eigenvalue weighted by molar-refractivity contribution is 6.21. The first-order valence-electron chi connectivity index (χ1n) is 17.6. The first kappa shape index (κ1) is 40.4. The maximum absolute atomic E-state index is 14.1. The van der Waals surface area contributed by atoms with Gasteiger partial charge in [0, 0.05) is 25.9 Å². The summed E-state index contributed by atoms with van der Waals surface area (Å²) in [5.74, 6) is -2.11. The number of carbonyl (C=O) groups is 4. The van der Waals surface area contributed by atoms with Gasteiger partial charge in [-0.25, -0.2) is 4.79 Å². The zero-order valence-corrected chi connectivity index (χ0v) is 28.4. The molecular formula is C36H66O6. The van der Waals surface area contributed by atoms with E-state index in [0.717, 1.165) is 32.1 Å². The minimum Gasteiger partial charge on any atom is -0.466 e. The second-order valence-electron chi connectivity index (χ2n) is 12.1. The molecule has 0 saturated carbocycles. The Kier molecular flexibility index (Phi) is 23.9. The van der Waals surface area contributed by atoms with Crippen LogP contribution in [-0.2, 0) is 28.7 Å². The normalized spacial score (nSPS) is 13.1. The Morgan fingerprint density at radius 2 is 0.857 bits per heavy atom. The van der Waals surface area contributed by atoms with Gasteiger partial charge in [0.15, 0.2) is 5.78 Å². The van der Waals surface area contributed by atoms with E-state index in [0.29, 0.717) is 32.1 Å². The molecule has 0 rings (SSSR count). The van der Waals surface area contributed by atoms with Gasteiger partial charge in [-0.15, -0.1) is 0 Å². The topological polar surface area (TPSA) is 86.7 Å². The molecule has 0 aromatic rings. The number of rotatable bonds is 30. The number of methoxy groups -OCH3 is 1. The molecule has 1 atom stereocenters. The second-order valence-corrected chi connectivity index (χ2v) is 12.1. The third-order valence-corrected chi connectivity index (χ3v) is 8.57. The van der Waals surface area contributed by atoms with E-state index in [4.69, 9.17) is 9.47 Å². The maximum Gasteiger partial charge on any atom is 0.347 e. The van der Waals surface area contributed by atoms with E-state index in [9.17, 15) is 19.2 Å². The van der Waals surface area contributed by atoms with Crippen molar-refractivity contribution < 1.29 is 28.7 Å². The second kappa shape index (κ2) is 24.8. The van der Waals surface area contributed by atoms with Gasteiger partial charge in [0.1, 0.15) is 17.0 Å². The third-order valence-electron chi connectivity index (χ3n) is 8.57. The Bertz CT molecular complexity index is 727. The molecule has 0 spiro atoms. The molecular weight excluding hydrogens is 528 g/mol. The quantitative estimate of drug-likeness (QED) is 0.0467. The van der Waals surface area contributed by atoms with Gasteiger partial charge in [-0.05, 0) is 32.1 Å². The van der Waals surface area contributed by atoms with Crippen LogP contribution in [0.5, 0.6) is 0 Å². The largest absolute Gasteiger partial charge is 0.466 e. The van der Waals surface area contributed by atoms with Gasteiger partial charge < -0.3 is 9.47 Å². The molecule has 0 aromatic carbocycles. The Hall–Kier alpha value is -1.56. The summed E-state index contributed by atoms with van der Waals surface area (Å²) < 4.78 is 11.5. The Morgan fingerprint density at radius 1 is 0.476 bits per heavy atom. The predicted octanol–water partition coefficient (Wildman–Crippen LogP) is 9.68. The number of ether oxygens (including phenoxy) is 2. The first-order valence-corrected chi connectivity index (χ1v) is 17.6. The molecule has 0 heterocycles. The van der Waals surface area contributed by atoms with Gasteiger partial charge in [-0.1, -0.05) is 131 Å². The zero-order chi connectivity index (χ0) is 31.7. The average Bonchev–Trinajstić information content (AvgIpc) is 2.98. The van der Waals surface area contributed by atoms with Gasteiger partial charge in [-0.2, -0.15) is 0 Å². The van der Waals surface area contributed by atoms with Crippen LogP contribution in [0, 0.1) is 5.41 Å². The molecule has 0 amide bonds. The molecule has 0 radical (unpaired) electrons. The van der Waals surface area contributed by atoms with Crippen molar-refractivity contribution in [2.45, 2.75) is 188 Å². The fourth-order valence-electron chi connectivity index (χ4n) is 6.20. The fraction of sp³-hybridized carbons (Fsp3) is 0.889. The summed E-state index contributed by atoms with van der Waals surface area (Å²) >= 11 is 0. The van der Waals surface area contributed by atoms with Crippen molar-refractivity contribution in [1.29, 1.82) is 0 Å². The number of esters is 1. The highest BCUT2D eigenvalue weighted by Crippen LogP contribution is 2.46. The van der Waals surface area contributed by atoms with E-state index in [1.807, 2.05) is 20.8 Å². The molecule has 246 valence electrons. The van der Waals surface area contributed by atoms with E-state index in [-0.39, 0.29) is 43.9 Å². The zero-order valence-electron chi connectivity index (χ0n) is 28.4. The summed E-state index contributed by atoms with van der Waals surface area (Å²) in [6, 6.07) is 0. The monoisotopic (exact) mass is 594 g/mol. The molecule has 0 aliphatic heterocycles. The van der Waals surface area contributed by atoms with Crippen LogP contribution in [0.15, 0.2) is 0 Å². The number of carbonyl (C=O) groups excluding carboxylic acids is 4. The van der Waals surface area contributed by atoms with Crippen LogP contribution in [0.25, 0.3) is 0 Å². The third kappa shape index (κ3) is 12.6. The van der Waals surface area contributed by atoms with E-state index in [1.165, 1.54) is 64.9 Å². The van der Waals surface area contributed by atoms with Crippen LogP contribution in [0.4, 0.5) is 0 Å². The van der Waals surface area contributed by atoms with Crippen molar-refractivity contribution in [3.63, 3.8) is 0 Å². The molecule has 0 aromatic heterocycles. The van der Waals surface area contributed by atoms with Crippen LogP contribution in [0.2, 0.25) is 0 Å². The first-order chi connectivity index (χ1) is 20.3. The highest BCUT2D eigenvalue weighted by Gasteiger charge is 2.68. The standard InChI is InChI=1S/C36H66O6/c1-7-12-14-15-16-17-18-19-20-21-22-23-24-29-35(31(37)26-9-3,32(38)27-10-4)36(34(40)41-6,33(39)28-11-5)42-30-25-13-8-2/h7-30H2,1-6H3. The minimum atomic E-state index is -2.23. The van der Waals surface area contributed by atoms with Gasteiger partial charge in [0.2, 0.25) is 5.60 Å². The lowest BCUT2D eigenvalue weighted by molar-refractivity contribution is -0.200. The number of unbranched alkanes of at least 4 members (excludes halogenated alkanes) is 14. The summed E-state index contributed by atoms with van der Waals surface area (Å²) in [7, 11) is 1.22. The van der Waals surface area contributed by atoms with Gasteiger partial charge >= 0.3 is 5.97 Å². The van der Waals surface area contributed by atoms with E-state index in [2.05, 4.69) is 13.8 Å². The average molecular weight is 595 g/mol. The molecule has 0 aliphatic carbocycles. The van der Waals surface area contributed by atoms with Crippen LogP contribution in [0.1, 0.15) is 182 Å². The number of ketones is 3. The van der Waals surface area contributed by atoms with Crippen LogP contribution < -0.4 is 0 Å². The molecule has 0 saturated heterocycles. The Labute approximate surface area is 258 Å². The van der Waals surface area contributed by atoms with Crippen LogP contribution in [-0.4, -0.2) is 42.6 Å². The van der Waals surface area contributed by atoms with Crippen molar-refractivity contribution in [3.05, 3.63) is 0 Å². The predicted molar refractivity (Wildman–Crippen MR) is 173 cm³/mol. The molecule has 6 heteroatoms. The van der Waals surface area contributed by atoms with Crippen molar-refractivity contribution >= 4 is 23.3 Å². The lowest BCUT2D eigenvalue weighted by Gasteiger charge is -2.45. The summed E-state index contributed by atoms with van der Waals surface area (Å²) in [6.45, 7) is 10.0. The Morgan fingerprint density at radius 3 is 1.26 bits per heavy atom. The molecule has 0 fully saturated rings. The van der Waals surface area contributed by atoms with E-state index in [1.54, 1.807) is 0 Å². The summed E-state index contributed by atoms with van der Waals surface area (Å²) in [4.78, 5) is 56.0. The Balaban J connectivity index is 5.94. The summed E-state index contributed by atoms with van der Waals surface area (Å²) in [6.07, 6.45) is 19.6. The van der Waals surface area contributed by atoms with Crippen molar-refractivity contribution in [2.75, 3.05) is 13.7 Å². The summed E-state index contributed by atoms with van der Waals surface area (Å²) in [5.41, 5.74) is -4.09. The molecule has 42 heavy (non-hydrogen) atoms. The lowest BCUT2D eigenvalue weighted by Crippen LogP contribution is -2.68. The van der Waals surface area contributed by atoms with Crippen molar-refractivity contribution in [1.82, 2.24) is 0 Å². The van der Waals surface area contributed by atoms with Gasteiger partial charge in [0.05, 0.1) is 7.11 Å². The van der Waals surface area contributed by atoms with E-state index >= 15 is 0 Å². The van der Waals surface area contributed by atoms with Crippen molar-refractivity contribution in [3.8, 4) is 0 Å². The van der Waals surface area contributed by atoms with E-state index < -0.39 is 22.8 Å². The molecule has 0 aliphatic rings. The fourth-order valence-corrected chi connectivity index (χ4v) is 6.20. The molecule has 0 bridgehead atoms. The summed E-state index contributed by atoms with van der Waals surface area (Å²) in [5, 5.41) is 0. The van der Waals surface area contributed by atoms with Crippen LogP contribution in [0.3, 0.4) is 0 Å². The number of hydrogen-bond acceptors (Lipinski definition) is 6. The lowest BCUT2D eigenvalue weighted by atomic mass is 9.59. The maximum atomic E-state index is 14.1. The minimum absolute atomic E-state index is 0.0437. The van der Waals surface area contributed by atoms with Crippen molar-refractivity contribution in [2.24, 2.45) is 5.41 Å². The number of Topliss-reactive ketones (excluding diaryl/α,β-unsaturated/α-hetero) is 3. The van der Waals surface area contributed by atoms with Crippen LogP contribution >= 0.6 is 0 Å². The molecule has 6 nitrogen and oxygen atoms in total. The van der Waals surface area contributed by atoms with Gasteiger partial charge in [0.25, 0.3) is 0 Å². The SMILES string of the molecule is CCCCCCCCCCCCCCCC(C(=O)CCC)(C(=O)CCC)C(OCCCCC)(C(=O)CCC)C(=O)OC. The molecule has 0 N–H and O–H groups in total.